The van der Waals surface area contributed by atoms with Gasteiger partial charge in [-0.25, -0.2) is 9.97 Å². The maximum Gasteiger partial charge on any atom is 0.150 e. The molecular formula is C26H28N4O2. The molecule has 1 unspecified atom stereocenters. The lowest BCUT2D eigenvalue weighted by molar-refractivity contribution is -0.0335. The molecule has 0 amide bonds. The Hall–Kier alpha value is -3.22. The monoisotopic (exact) mass is 428 g/mol. The zero-order chi connectivity index (χ0) is 22.5. The van der Waals surface area contributed by atoms with Gasteiger partial charge in [-0.3, -0.25) is 4.40 Å². The number of imidazole rings is 1. The Kier molecular flexibility index (Phi) is 4.80. The van der Waals surface area contributed by atoms with Crippen LogP contribution in [-0.2, 0) is 5.60 Å². The van der Waals surface area contributed by atoms with E-state index in [1.807, 2.05) is 79.0 Å². The maximum atomic E-state index is 11.4. The second kappa shape index (κ2) is 7.43. The number of hydrogen-bond donors (Lipinski definition) is 3. The smallest absolute Gasteiger partial charge is 0.150 e. The Balaban J connectivity index is 1.57. The summed E-state index contributed by atoms with van der Waals surface area (Å²) >= 11 is 0. The molecule has 0 radical (unpaired) electrons. The molecule has 2 aromatic carbocycles. The average molecular weight is 429 g/mol. The van der Waals surface area contributed by atoms with Crippen LogP contribution >= 0.6 is 0 Å². The van der Waals surface area contributed by atoms with Crippen molar-refractivity contribution in [3.05, 3.63) is 83.9 Å². The summed E-state index contributed by atoms with van der Waals surface area (Å²) in [4.78, 5) is 9.22. The van der Waals surface area contributed by atoms with E-state index in [0.717, 1.165) is 33.7 Å². The molecule has 0 bridgehead atoms. The molecule has 0 aliphatic heterocycles. The van der Waals surface area contributed by atoms with Crippen molar-refractivity contribution in [3.8, 4) is 11.3 Å². The van der Waals surface area contributed by atoms with Crippen molar-refractivity contribution >= 4 is 11.3 Å². The van der Waals surface area contributed by atoms with E-state index in [-0.39, 0.29) is 5.92 Å². The molecule has 1 atom stereocenters. The first-order valence-corrected chi connectivity index (χ1v) is 11.1. The highest BCUT2D eigenvalue weighted by atomic mass is 16.3. The standard InChI is InChI=1S/C26H28N4O2/c1-3-26(32,19-7-5-4-6-8-19)20-11-9-17(10-12-20)21-22-23(27)28-13-14-30(22)24(29-21)18-15-25(2,31)16-18/h4-14,18,31-32H,3,15-16H2,1-2H3,(H2,27,28)/t18-,25+,26?. The van der Waals surface area contributed by atoms with Crippen molar-refractivity contribution in [2.24, 2.45) is 0 Å². The van der Waals surface area contributed by atoms with Crippen LogP contribution in [0.5, 0.6) is 0 Å². The van der Waals surface area contributed by atoms with Crippen LogP contribution in [0.25, 0.3) is 16.8 Å². The van der Waals surface area contributed by atoms with Crippen molar-refractivity contribution in [1.29, 1.82) is 0 Å². The molecule has 1 aliphatic rings. The third-order valence-electron chi connectivity index (χ3n) is 6.75. The highest BCUT2D eigenvalue weighted by molar-refractivity contribution is 5.85. The number of nitrogens with zero attached hydrogens (tertiary/aromatic N) is 3. The molecule has 1 saturated carbocycles. The van der Waals surface area contributed by atoms with E-state index < -0.39 is 11.2 Å². The number of nitrogens with two attached hydrogens (primary N) is 1. The van der Waals surface area contributed by atoms with Gasteiger partial charge in [-0.2, -0.15) is 0 Å². The minimum atomic E-state index is -1.06. The average Bonchev–Trinajstić information content (AvgIpc) is 3.18. The number of rotatable bonds is 5. The number of nitrogen functional groups attached to an aromatic ring is 1. The fraction of sp³-hybridized carbons (Fsp3) is 0.308. The summed E-state index contributed by atoms with van der Waals surface area (Å²) in [6.45, 7) is 3.84. The summed E-state index contributed by atoms with van der Waals surface area (Å²) in [5.74, 6) is 1.50. The minimum Gasteiger partial charge on any atom is -0.390 e. The summed E-state index contributed by atoms with van der Waals surface area (Å²) in [6, 6.07) is 17.6. The van der Waals surface area contributed by atoms with Gasteiger partial charge in [0.25, 0.3) is 0 Å². The quantitative estimate of drug-likeness (QED) is 0.441. The van der Waals surface area contributed by atoms with Crippen LogP contribution in [0.4, 0.5) is 5.82 Å². The van der Waals surface area contributed by atoms with E-state index in [1.165, 1.54) is 0 Å². The molecule has 6 heteroatoms. The molecule has 2 heterocycles. The Morgan fingerprint density at radius 3 is 2.38 bits per heavy atom. The maximum absolute atomic E-state index is 11.4. The van der Waals surface area contributed by atoms with E-state index in [1.54, 1.807) is 6.20 Å². The summed E-state index contributed by atoms with van der Waals surface area (Å²) in [6.07, 6.45) is 5.47. The van der Waals surface area contributed by atoms with Crippen LogP contribution in [0, 0.1) is 0 Å². The zero-order valence-corrected chi connectivity index (χ0v) is 18.4. The van der Waals surface area contributed by atoms with Gasteiger partial charge in [-0.05, 0) is 37.3 Å². The first-order valence-electron chi connectivity index (χ1n) is 11.1. The topological polar surface area (TPSA) is 96.7 Å². The fourth-order valence-electron chi connectivity index (χ4n) is 4.95. The summed E-state index contributed by atoms with van der Waals surface area (Å²) < 4.78 is 2.00. The number of anilines is 1. The van der Waals surface area contributed by atoms with Crippen molar-refractivity contribution in [2.45, 2.75) is 50.2 Å². The Labute approximate surface area is 187 Å². The number of benzene rings is 2. The molecule has 4 aromatic rings. The summed E-state index contributed by atoms with van der Waals surface area (Å²) in [5, 5.41) is 21.7. The third-order valence-corrected chi connectivity index (χ3v) is 6.75. The zero-order valence-electron chi connectivity index (χ0n) is 18.4. The molecule has 5 rings (SSSR count). The van der Waals surface area contributed by atoms with Crippen molar-refractivity contribution < 1.29 is 10.2 Å². The summed E-state index contributed by atoms with van der Waals surface area (Å²) in [7, 11) is 0. The van der Waals surface area contributed by atoms with Crippen LogP contribution in [0.2, 0.25) is 0 Å². The van der Waals surface area contributed by atoms with E-state index in [9.17, 15) is 10.2 Å². The van der Waals surface area contributed by atoms with Gasteiger partial charge in [-0.15, -0.1) is 0 Å². The number of aromatic nitrogens is 3. The molecule has 32 heavy (non-hydrogen) atoms. The Morgan fingerprint density at radius 1 is 1.09 bits per heavy atom. The highest BCUT2D eigenvalue weighted by Crippen LogP contribution is 2.45. The SMILES string of the molecule is CCC(O)(c1ccccc1)c1ccc(-c2nc([C@H]3C[C@@](C)(O)C3)n3ccnc(N)c23)cc1. The first-order chi connectivity index (χ1) is 15.3. The van der Waals surface area contributed by atoms with Crippen LogP contribution < -0.4 is 5.73 Å². The lowest BCUT2D eigenvalue weighted by Crippen LogP contribution is -2.40. The molecule has 2 aromatic heterocycles. The summed E-state index contributed by atoms with van der Waals surface area (Å²) in [5.41, 5.74) is 8.72. The molecule has 1 fully saturated rings. The van der Waals surface area contributed by atoms with E-state index >= 15 is 0 Å². The highest BCUT2D eigenvalue weighted by Gasteiger charge is 2.41. The van der Waals surface area contributed by atoms with Crippen LogP contribution in [0.15, 0.2) is 67.0 Å². The predicted octanol–water partition coefficient (Wildman–Crippen LogP) is 4.25. The predicted molar refractivity (Wildman–Crippen MR) is 125 cm³/mol. The molecular weight excluding hydrogens is 400 g/mol. The normalized spacial score (nSPS) is 22.4. The van der Waals surface area contributed by atoms with Crippen LogP contribution in [0.1, 0.15) is 56.0 Å². The first kappa shape index (κ1) is 20.7. The number of fused-ring (bicyclic) bond motifs is 1. The largest absolute Gasteiger partial charge is 0.390 e. The third kappa shape index (κ3) is 3.27. The van der Waals surface area contributed by atoms with Crippen molar-refractivity contribution in [1.82, 2.24) is 14.4 Å². The molecule has 6 nitrogen and oxygen atoms in total. The van der Waals surface area contributed by atoms with Gasteiger partial charge in [0.05, 0.1) is 5.60 Å². The Morgan fingerprint density at radius 2 is 1.75 bits per heavy atom. The van der Waals surface area contributed by atoms with Gasteiger partial charge in [0.2, 0.25) is 0 Å². The van der Waals surface area contributed by atoms with Crippen LogP contribution in [-0.4, -0.2) is 30.2 Å². The number of aliphatic hydroxyl groups is 2. The van der Waals surface area contributed by atoms with Gasteiger partial charge in [0.1, 0.15) is 28.5 Å². The van der Waals surface area contributed by atoms with Crippen LogP contribution in [0.3, 0.4) is 0 Å². The second-order valence-corrected chi connectivity index (χ2v) is 9.11. The van der Waals surface area contributed by atoms with Crippen molar-refractivity contribution in [3.63, 3.8) is 0 Å². The van der Waals surface area contributed by atoms with Crippen molar-refractivity contribution in [2.75, 3.05) is 5.73 Å². The van der Waals surface area contributed by atoms with E-state index in [4.69, 9.17) is 10.7 Å². The number of hydrogen-bond acceptors (Lipinski definition) is 5. The van der Waals surface area contributed by atoms with Gasteiger partial charge < -0.3 is 15.9 Å². The van der Waals surface area contributed by atoms with E-state index in [2.05, 4.69) is 4.98 Å². The minimum absolute atomic E-state index is 0.176. The van der Waals surface area contributed by atoms with Gasteiger partial charge in [0, 0.05) is 23.9 Å². The molecule has 4 N–H and O–H groups in total. The molecule has 1 aliphatic carbocycles. The fourth-order valence-corrected chi connectivity index (χ4v) is 4.95. The molecule has 164 valence electrons. The van der Waals surface area contributed by atoms with E-state index in [0.29, 0.717) is 25.1 Å². The molecule has 0 spiro atoms. The van der Waals surface area contributed by atoms with Gasteiger partial charge in [-0.1, -0.05) is 61.5 Å². The Bertz CT molecular complexity index is 1260. The van der Waals surface area contributed by atoms with Gasteiger partial charge >= 0.3 is 0 Å². The lowest BCUT2D eigenvalue weighted by Gasteiger charge is -2.40. The second-order valence-electron chi connectivity index (χ2n) is 9.11. The molecule has 0 saturated heterocycles. The van der Waals surface area contributed by atoms with Gasteiger partial charge in [0.15, 0.2) is 0 Å². The lowest BCUT2D eigenvalue weighted by atomic mass is 9.72.